The topological polar surface area (TPSA) is 98.8 Å². The molecule has 2 fully saturated rings. The van der Waals surface area contributed by atoms with Gasteiger partial charge in [0.25, 0.3) is 5.91 Å². The maximum Gasteiger partial charge on any atom is 0.276 e. The zero-order chi connectivity index (χ0) is 21.8. The first-order chi connectivity index (χ1) is 15.8. The maximum atomic E-state index is 12.8. The number of ether oxygens (including phenoxy) is 2. The zero-order valence-corrected chi connectivity index (χ0v) is 17.8. The highest BCUT2D eigenvalue weighted by Gasteiger charge is 2.29. The van der Waals surface area contributed by atoms with E-state index < -0.39 is 0 Å². The van der Waals surface area contributed by atoms with Gasteiger partial charge in [0.05, 0.1) is 18.9 Å². The summed E-state index contributed by atoms with van der Waals surface area (Å²) in [6.45, 7) is 5.23. The van der Waals surface area contributed by atoms with Crippen molar-refractivity contribution in [3.8, 4) is 11.4 Å². The molecular formula is C22H26N6O4. The molecule has 10 heteroatoms. The lowest BCUT2D eigenvalue weighted by Crippen LogP contribution is -2.50. The number of aromatic nitrogens is 4. The summed E-state index contributed by atoms with van der Waals surface area (Å²) in [6, 6.07) is 9.66. The number of nitrogens with zero attached hydrogens (tertiary/aromatic N) is 6. The lowest BCUT2D eigenvalue weighted by atomic mass is 10.0. The average molecular weight is 438 g/mol. The largest absolute Gasteiger partial charge is 0.486 e. The summed E-state index contributed by atoms with van der Waals surface area (Å²) in [7, 11) is 0. The second-order valence-electron chi connectivity index (χ2n) is 7.97. The van der Waals surface area contributed by atoms with Crippen LogP contribution < -0.4 is 4.74 Å². The van der Waals surface area contributed by atoms with Gasteiger partial charge in [-0.1, -0.05) is 5.16 Å². The van der Waals surface area contributed by atoms with Crippen molar-refractivity contribution < 1.29 is 18.8 Å². The van der Waals surface area contributed by atoms with Crippen LogP contribution in [0.15, 0.2) is 47.5 Å². The van der Waals surface area contributed by atoms with Crippen molar-refractivity contribution in [3.05, 3.63) is 54.4 Å². The third-order valence-corrected chi connectivity index (χ3v) is 5.99. The number of carbonyl (C=O) groups excluding carboxylic acids is 1. The summed E-state index contributed by atoms with van der Waals surface area (Å²) in [6.07, 6.45) is 5.07. The Hall–Kier alpha value is -3.24. The predicted octanol–water partition coefficient (Wildman–Crippen LogP) is 1.77. The van der Waals surface area contributed by atoms with Crippen LogP contribution in [0.25, 0.3) is 5.69 Å². The molecule has 2 aromatic heterocycles. The Morgan fingerprint density at radius 3 is 2.59 bits per heavy atom. The van der Waals surface area contributed by atoms with Gasteiger partial charge in [-0.25, -0.2) is 9.67 Å². The van der Waals surface area contributed by atoms with Crippen LogP contribution in [0, 0.1) is 0 Å². The molecule has 0 atom stereocenters. The first-order valence-corrected chi connectivity index (χ1v) is 10.9. The number of morpholine rings is 1. The maximum absolute atomic E-state index is 12.8. The Morgan fingerprint density at radius 1 is 1.09 bits per heavy atom. The quantitative estimate of drug-likeness (QED) is 0.574. The molecule has 0 bridgehead atoms. The first kappa shape index (κ1) is 20.7. The van der Waals surface area contributed by atoms with Gasteiger partial charge in [0.15, 0.2) is 11.5 Å². The molecule has 2 aliphatic heterocycles. The second kappa shape index (κ2) is 9.49. The smallest absolute Gasteiger partial charge is 0.276 e. The van der Waals surface area contributed by atoms with Crippen molar-refractivity contribution in [1.29, 1.82) is 0 Å². The van der Waals surface area contributed by atoms with Crippen LogP contribution in [0.3, 0.4) is 0 Å². The molecule has 4 heterocycles. The number of carbonyl (C=O) groups is 1. The number of amides is 1. The molecule has 1 aromatic carbocycles. The Labute approximate surface area is 185 Å². The third kappa shape index (κ3) is 4.66. The van der Waals surface area contributed by atoms with Gasteiger partial charge in [0.2, 0.25) is 0 Å². The molecule has 3 aromatic rings. The van der Waals surface area contributed by atoms with Gasteiger partial charge in [-0.3, -0.25) is 9.69 Å². The van der Waals surface area contributed by atoms with E-state index in [0.29, 0.717) is 23.2 Å². The van der Waals surface area contributed by atoms with Gasteiger partial charge in [-0.15, -0.1) is 0 Å². The van der Waals surface area contributed by atoms with E-state index in [9.17, 15) is 4.79 Å². The normalized spacial score (nSPS) is 18.1. The van der Waals surface area contributed by atoms with Crippen molar-refractivity contribution >= 4 is 5.91 Å². The molecule has 0 aliphatic carbocycles. The van der Waals surface area contributed by atoms with Gasteiger partial charge < -0.3 is 18.9 Å². The molecule has 2 aliphatic rings. The molecule has 1 amide bonds. The van der Waals surface area contributed by atoms with Crippen molar-refractivity contribution in [3.63, 3.8) is 0 Å². The number of likely N-dealkylation sites (tertiary alicyclic amines) is 1. The Balaban J connectivity index is 1.12. The minimum absolute atomic E-state index is 0.0855. The molecule has 0 radical (unpaired) electrons. The van der Waals surface area contributed by atoms with Crippen molar-refractivity contribution in [2.75, 3.05) is 39.4 Å². The van der Waals surface area contributed by atoms with E-state index in [-0.39, 0.29) is 12.5 Å². The molecule has 0 saturated carbocycles. The van der Waals surface area contributed by atoms with Crippen molar-refractivity contribution in [2.45, 2.75) is 25.5 Å². The summed E-state index contributed by atoms with van der Waals surface area (Å²) >= 11 is 0. The van der Waals surface area contributed by atoms with Gasteiger partial charge in [-0.05, 0) is 37.1 Å². The third-order valence-electron chi connectivity index (χ3n) is 5.99. The van der Waals surface area contributed by atoms with E-state index >= 15 is 0 Å². The fourth-order valence-corrected chi connectivity index (χ4v) is 4.21. The molecule has 0 spiro atoms. The van der Waals surface area contributed by atoms with Gasteiger partial charge in [0, 0.05) is 38.3 Å². The molecular weight excluding hydrogens is 412 g/mol. The highest BCUT2D eigenvalue weighted by atomic mass is 16.5. The Morgan fingerprint density at radius 2 is 1.88 bits per heavy atom. The monoisotopic (exact) mass is 438 g/mol. The summed E-state index contributed by atoms with van der Waals surface area (Å²) in [5, 5.41) is 8.06. The summed E-state index contributed by atoms with van der Waals surface area (Å²) < 4.78 is 18.2. The molecule has 10 nitrogen and oxygen atoms in total. The van der Waals surface area contributed by atoms with Crippen molar-refractivity contribution in [2.24, 2.45) is 0 Å². The SMILES string of the molecule is O=C(c1cc(COc2ccc(-n3cncn3)cc2)on1)N1CCC(N2CCOCC2)CC1. The highest BCUT2D eigenvalue weighted by Crippen LogP contribution is 2.20. The van der Waals surface area contributed by atoms with Crippen LogP contribution in [0.4, 0.5) is 0 Å². The first-order valence-electron chi connectivity index (χ1n) is 10.9. The molecule has 168 valence electrons. The van der Waals surface area contributed by atoms with Crippen LogP contribution in [0.2, 0.25) is 0 Å². The average Bonchev–Trinajstić information content (AvgIpc) is 3.56. The van der Waals surface area contributed by atoms with Crippen LogP contribution in [0.5, 0.6) is 5.75 Å². The van der Waals surface area contributed by atoms with Crippen LogP contribution in [0.1, 0.15) is 29.1 Å². The van der Waals surface area contributed by atoms with Crippen LogP contribution in [-0.2, 0) is 11.3 Å². The van der Waals surface area contributed by atoms with Crippen LogP contribution >= 0.6 is 0 Å². The van der Waals surface area contributed by atoms with Gasteiger partial charge >= 0.3 is 0 Å². The fraction of sp³-hybridized carbons (Fsp3) is 0.455. The number of hydrogen-bond donors (Lipinski definition) is 0. The molecule has 32 heavy (non-hydrogen) atoms. The number of rotatable bonds is 6. The highest BCUT2D eigenvalue weighted by molar-refractivity contribution is 5.92. The fourth-order valence-electron chi connectivity index (χ4n) is 4.21. The van der Waals surface area contributed by atoms with Gasteiger partial charge in [0.1, 0.15) is 25.0 Å². The molecule has 0 N–H and O–H groups in total. The van der Waals surface area contributed by atoms with E-state index in [0.717, 1.165) is 57.9 Å². The number of piperidine rings is 1. The summed E-state index contributed by atoms with van der Waals surface area (Å²) in [4.78, 5) is 21.1. The zero-order valence-electron chi connectivity index (χ0n) is 17.8. The van der Waals surface area contributed by atoms with E-state index in [1.807, 2.05) is 29.2 Å². The lowest BCUT2D eigenvalue weighted by molar-refractivity contribution is 0.00149. The Bertz CT molecular complexity index is 1010. The van der Waals surface area contributed by atoms with Gasteiger partial charge in [-0.2, -0.15) is 5.10 Å². The van der Waals surface area contributed by atoms with E-state index in [2.05, 4.69) is 20.1 Å². The number of hydrogen-bond acceptors (Lipinski definition) is 8. The second-order valence-corrected chi connectivity index (χ2v) is 7.97. The summed E-state index contributed by atoms with van der Waals surface area (Å²) in [5.41, 5.74) is 1.22. The number of benzene rings is 1. The van der Waals surface area contributed by atoms with Crippen LogP contribution in [-0.4, -0.2) is 81.1 Å². The molecule has 0 unspecified atom stereocenters. The lowest BCUT2D eigenvalue weighted by Gasteiger charge is -2.39. The predicted molar refractivity (Wildman–Crippen MR) is 114 cm³/mol. The van der Waals surface area contributed by atoms with E-state index in [4.69, 9.17) is 14.0 Å². The molecule has 5 rings (SSSR count). The summed E-state index contributed by atoms with van der Waals surface area (Å²) in [5.74, 6) is 1.11. The van der Waals surface area contributed by atoms with Crippen molar-refractivity contribution in [1.82, 2.24) is 29.7 Å². The minimum atomic E-state index is -0.0855. The Kier molecular flexibility index (Phi) is 6.13. The standard InChI is InChI=1S/C22H26N6O4/c29-22(27-7-5-17(6-8-27)26-9-11-30-12-10-26)21-13-20(32-25-21)14-31-19-3-1-18(2-4-19)28-16-23-15-24-28/h1-4,13,15-17H,5-12,14H2. The minimum Gasteiger partial charge on any atom is -0.486 e. The van der Waals surface area contributed by atoms with E-state index in [1.165, 1.54) is 6.33 Å². The molecule has 2 saturated heterocycles. The van der Waals surface area contributed by atoms with E-state index in [1.54, 1.807) is 17.1 Å².